The predicted octanol–water partition coefficient (Wildman–Crippen LogP) is 7.30. The largest absolute Gasteiger partial charge is 0.324 e. The molecule has 2 bridgehead atoms. The summed E-state index contributed by atoms with van der Waals surface area (Å²) in [5.41, 5.74) is 4.57. The first-order chi connectivity index (χ1) is 22.5. The van der Waals surface area contributed by atoms with Crippen molar-refractivity contribution in [2.24, 2.45) is 5.92 Å². The van der Waals surface area contributed by atoms with Crippen LogP contribution in [0.4, 0.5) is 16.3 Å². The average molecular weight is 670 g/mol. The van der Waals surface area contributed by atoms with Crippen molar-refractivity contribution in [3.63, 3.8) is 0 Å². The predicted molar refractivity (Wildman–Crippen MR) is 186 cm³/mol. The van der Waals surface area contributed by atoms with Gasteiger partial charge in [-0.1, -0.05) is 50.6 Å². The molecule has 2 amide bonds. The summed E-state index contributed by atoms with van der Waals surface area (Å²) >= 11 is 1.29. The number of piperidine rings is 1. The highest BCUT2D eigenvalue weighted by Gasteiger charge is 2.48. The number of sulfonamides is 1. The third kappa shape index (κ3) is 6.29. The maximum absolute atomic E-state index is 13.8. The first-order valence-corrected chi connectivity index (χ1v) is 18.2. The Bertz CT molecular complexity index is 2020. The Morgan fingerprint density at radius 2 is 1.68 bits per heavy atom. The second-order valence-corrected chi connectivity index (χ2v) is 16.4. The Kier molecular flexibility index (Phi) is 8.13. The molecule has 0 aliphatic carbocycles. The molecule has 2 aromatic carbocycles. The number of nitrogens with zero attached hydrogens (tertiary/aromatic N) is 5. The van der Waals surface area contributed by atoms with Gasteiger partial charge in [0.25, 0.3) is 10.0 Å². The van der Waals surface area contributed by atoms with E-state index in [1.807, 2.05) is 67.6 Å². The van der Waals surface area contributed by atoms with Crippen LogP contribution in [0.5, 0.6) is 0 Å². The van der Waals surface area contributed by atoms with Crippen molar-refractivity contribution in [2.75, 3.05) is 10.6 Å². The molecular weight excluding hydrogens is 631 g/mol. The van der Waals surface area contributed by atoms with Gasteiger partial charge in [-0.25, -0.2) is 22.9 Å². The fourth-order valence-electron chi connectivity index (χ4n) is 6.94. The zero-order valence-corrected chi connectivity index (χ0v) is 28.6. The zero-order valence-electron chi connectivity index (χ0n) is 27.0. The molecule has 2 aliphatic rings. The minimum Gasteiger partial charge on any atom is -0.308 e. The van der Waals surface area contributed by atoms with Gasteiger partial charge in [-0.2, -0.15) is 13.8 Å². The third-order valence-corrected chi connectivity index (χ3v) is 12.0. The molecule has 2 unspecified atom stereocenters. The SMILES string of the molecule is Cc1ccc(-n2nc(C(C)(C)C)cc2NC(=O)Nc2ccc(CC3CC4CCC(C3)N4S(=O)(=O)c3nccc4sncc34)cc2)cc1. The van der Waals surface area contributed by atoms with Crippen LogP contribution in [-0.2, 0) is 21.9 Å². The lowest BCUT2D eigenvalue weighted by atomic mass is 9.87. The van der Waals surface area contributed by atoms with Crippen LogP contribution in [0.25, 0.3) is 15.8 Å². The summed E-state index contributed by atoms with van der Waals surface area (Å²) < 4.78 is 36.1. The summed E-state index contributed by atoms with van der Waals surface area (Å²) in [4.78, 5) is 17.4. The van der Waals surface area contributed by atoms with E-state index in [1.54, 1.807) is 21.4 Å². The number of hydrogen-bond donors (Lipinski definition) is 2. The number of carbonyl (C=O) groups excluding carboxylic acids is 1. The number of carbonyl (C=O) groups is 1. The van der Waals surface area contributed by atoms with Crippen LogP contribution in [0, 0.1) is 12.8 Å². The van der Waals surface area contributed by atoms with Crippen molar-refractivity contribution in [2.45, 2.75) is 82.3 Å². The molecule has 3 aromatic heterocycles. The quantitative estimate of drug-likeness (QED) is 0.188. The van der Waals surface area contributed by atoms with E-state index in [2.05, 4.69) is 40.8 Å². The second kappa shape index (κ2) is 12.1. The topological polar surface area (TPSA) is 122 Å². The average Bonchev–Trinajstić information content (AvgIpc) is 3.75. The maximum Gasteiger partial charge on any atom is 0.324 e. The number of rotatable bonds is 7. The first kappa shape index (κ1) is 31.5. The molecule has 2 N–H and O–H groups in total. The lowest BCUT2D eigenvalue weighted by molar-refractivity contribution is 0.190. The molecule has 2 fully saturated rings. The van der Waals surface area contributed by atoms with E-state index in [0.717, 1.165) is 53.7 Å². The zero-order chi connectivity index (χ0) is 32.9. The molecule has 5 heterocycles. The van der Waals surface area contributed by atoms with E-state index in [-0.39, 0.29) is 28.6 Å². The Morgan fingerprint density at radius 3 is 2.36 bits per heavy atom. The molecule has 2 aliphatic heterocycles. The van der Waals surface area contributed by atoms with Gasteiger partial charge < -0.3 is 5.32 Å². The number of pyridine rings is 1. The van der Waals surface area contributed by atoms with Gasteiger partial charge in [0, 0.05) is 35.4 Å². The molecule has 12 heteroatoms. The third-order valence-electron chi connectivity index (χ3n) is 9.27. The van der Waals surface area contributed by atoms with E-state index in [1.165, 1.54) is 17.1 Å². The molecule has 244 valence electrons. The number of anilines is 2. The molecule has 7 rings (SSSR count). The highest BCUT2D eigenvalue weighted by molar-refractivity contribution is 7.89. The van der Waals surface area contributed by atoms with E-state index >= 15 is 0 Å². The van der Waals surface area contributed by atoms with Crippen LogP contribution < -0.4 is 10.6 Å². The summed E-state index contributed by atoms with van der Waals surface area (Å²) in [6, 6.07) is 19.3. The fraction of sp³-hybridized carbons (Fsp3) is 0.371. The van der Waals surface area contributed by atoms with E-state index in [9.17, 15) is 13.2 Å². The van der Waals surface area contributed by atoms with Crippen molar-refractivity contribution >= 4 is 49.2 Å². The standard InChI is InChI=1S/C35H39N7O3S2/c1-22-5-11-26(12-6-22)41-32(20-31(40-41)35(2,3)4)39-34(43)38-25-9-7-23(8-10-25)17-24-18-27-13-14-28(19-24)42(27)47(44,45)33-29-21-37-46-30(29)15-16-36-33/h5-12,15-16,20-21,24,27-28H,13-14,17-19H2,1-4H3,(H2,38,39,43). The molecule has 2 saturated heterocycles. The minimum atomic E-state index is -3.72. The number of aryl methyl sites for hydroxylation is 1. The molecule has 5 aromatic rings. The number of amides is 2. The number of aromatic nitrogens is 4. The van der Waals surface area contributed by atoms with Crippen LogP contribution in [0.2, 0.25) is 0 Å². The molecule has 0 radical (unpaired) electrons. The molecule has 2 atom stereocenters. The normalized spacial score (nSPS) is 20.0. The number of urea groups is 1. The molecule has 0 spiro atoms. The van der Waals surface area contributed by atoms with Crippen molar-refractivity contribution in [1.82, 2.24) is 23.4 Å². The Balaban J connectivity index is 0.993. The van der Waals surface area contributed by atoms with Crippen molar-refractivity contribution in [1.29, 1.82) is 0 Å². The molecule has 10 nitrogen and oxygen atoms in total. The molecule has 47 heavy (non-hydrogen) atoms. The van der Waals surface area contributed by atoms with E-state index in [0.29, 0.717) is 22.8 Å². The summed E-state index contributed by atoms with van der Waals surface area (Å²) in [5.74, 6) is 0.974. The lowest BCUT2D eigenvalue weighted by Gasteiger charge is -2.37. The summed E-state index contributed by atoms with van der Waals surface area (Å²) in [7, 11) is -3.72. The highest BCUT2D eigenvalue weighted by atomic mass is 32.2. The van der Waals surface area contributed by atoms with Gasteiger partial charge in [0.05, 0.1) is 27.7 Å². The maximum atomic E-state index is 13.8. The van der Waals surface area contributed by atoms with Crippen LogP contribution >= 0.6 is 11.5 Å². The second-order valence-electron chi connectivity index (χ2n) is 13.8. The number of fused-ring (bicyclic) bond motifs is 3. The Hall–Kier alpha value is -4.13. The van der Waals surface area contributed by atoms with Crippen LogP contribution in [-0.4, -0.2) is 50.0 Å². The van der Waals surface area contributed by atoms with Gasteiger partial charge >= 0.3 is 6.03 Å². The van der Waals surface area contributed by atoms with Gasteiger partial charge in [0.1, 0.15) is 5.82 Å². The summed E-state index contributed by atoms with van der Waals surface area (Å²) in [6.07, 6.45) is 7.42. The first-order valence-electron chi connectivity index (χ1n) is 16.0. The summed E-state index contributed by atoms with van der Waals surface area (Å²) in [5, 5.41) is 11.5. The van der Waals surface area contributed by atoms with Gasteiger partial charge in [-0.3, -0.25) is 5.32 Å². The molecular formula is C35H39N7O3S2. The minimum absolute atomic E-state index is 0.0239. The molecule has 0 saturated carbocycles. The Morgan fingerprint density at radius 1 is 0.979 bits per heavy atom. The highest BCUT2D eigenvalue weighted by Crippen LogP contribution is 2.43. The van der Waals surface area contributed by atoms with Crippen LogP contribution in [0.15, 0.2) is 78.1 Å². The van der Waals surface area contributed by atoms with Crippen molar-refractivity contribution in [3.05, 3.63) is 89.9 Å². The number of benzene rings is 2. The van der Waals surface area contributed by atoms with E-state index < -0.39 is 10.0 Å². The smallest absolute Gasteiger partial charge is 0.308 e. The van der Waals surface area contributed by atoms with Crippen LogP contribution in [0.1, 0.15) is 63.3 Å². The van der Waals surface area contributed by atoms with Gasteiger partial charge in [-0.15, -0.1) is 0 Å². The monoisotopic (exact) mass is 669 g/mol. The lowest BCUT2D eigenvalue weighted by Crippen LogP contribution is -2.47. The van der Waals surface area contributed by atoms with Crippen LogP contribution in [0.3, 0.4) is 0 Å². The number of nitrogens with one attached hydrogen (secondary N) is 2. The van der Waals surface area contributed by atoms with E-state index in [4.69, 9.17) is 5.10 Å². The van der Waals surface area contributed by atoms with Gasteiger partial charge in [-0.05, 0) is 92.4 Å². The fourth-order valence-corrected chi connectivity index (χ4v) is 9.65. The van der Waals surface area contributed by atoms with Gasteiger partial charge in [0.2, 0.25) is 0 Å². The number of hydrogen-bond acceptors (Lipinski definition) is 7. The van der Waals surface area contributed by atoms with Gasteiger partial charge in [0.15, 0.2) is 5.03 Å². The van der Waals surface area contributed by atoms with Crippen molar-refractivity contribution in [3.8, 4) is 5.69 Å². The Labute approximate surface area is 279 Å². The summed E-state index contributed by atoms with van der Waals surface area (Å²) in [6.45, 7) is 8.32. The van der Waals surface area contributed by atoms with Crippen molar-refractivity contribution < 1.29 is 13.2 Å².